The number of hydrogen-bond acceptors (Lipinski definition) is 4. The van der Waals surface area contributed by atoms with Crippen molar-refractivity contribution in [3.05, 3.63) is 0 Å². The molecule has 0 radical (unpaired) electrons. The van der Waals surface area contributed by atoms with Gasteiger partial charge >= 0.3 is 34.3 Å². The molecular weight excluding hydrogens is 295 g/mol. The number of halogens is 2. The maximum atomic E-state index is 6.11. The van der Waals surface area contributed by atoms with Crippen molar-refractivity contribution in [1.82, 2.24) is 0 Å². The highest BCUT2D eigenvalue weighted by atomic mass is 35.6. The molecule has 4 unspecified atom stereocenters. The van der Waals surface area contributed by atoms with Gasteiger partial charge in [0, 0.05) is 0 Å². The van der Waals surface area contributed by atoms with E-state index in [0.717, 1.165) is 0 Å². The molecule has 0 N–H and O–H groups in total. The quantitative estimate of drug-likeness (QED) is 0.500. The van der Waals surface area contributed by atoms with Gasteiger partial charge in [0.1, 0.15) is 0 Å². The lowest BCUT2D eigenvalue weighted by Crippen LogP contribution is -2.54. The predicted octanol–water partition coefficient (Wildman–Crippen LogP) is 1.38. The van der Waals surface area contributed by atoms with E-state index in [1.54, 1.807) is 13.1 Å². The maximum Gasteiger partial charge on any atom is 0.422 e. The van der Waals surface area contributed by atoms with Crippen molar-refractivity contribution < 1.29 is 16.5 Å². The van der Waals surface area contributed by atoms with Gasteiger partial charge in [0.15, 0.2) is 0 Å². The van der Waals surface area contributed by atoms with Crippen LogP contribution in [0, 0.1) is 0 Å². The van der Waals surface area contributed by atoms with E-state index in [1.807, 2.05) is 13.1 Å². The van der Waals surface area contributed by atoms with Gasteiger partial charge < -0.3 is 16.5 Å². The SMILES string of the molecule is C[SiH]1O[SiH](C)O[Si](C)(Cl)O[Si](C)(Cl)O1. The molecule has 0 aliphatic carbocycles. The summed E-state index contributed by atoms with van der Waals surface area (Å²) in [5.74, 6) is 0. The van der Waals surface area contributed by atoms with Crippen LogP contribution in [0.15, 0.2) is 0 Å². The van der Waals surface area contributed by atoms with Crippen molar-refractivity contribution in [3.63, 3.8) is 0 Å². The molecule has 0 bridgehead atoms. The number of rotatable bonds is 0. The summed E-state index contributed by atoms with van der Waals surface area (Å²) < 4.78 is 22.4. The lowest BCUT2D eigenvalue weighted by molar-refractivity contribution is 0.282. The average Bonchev–Trinajstić information content (AvgIpc) is 1.74. The second kappa shape index (κ2) is 4.65. The Balaban J connectivity index is 2.73. The summed E-state index contributed by atoms with van der Waals surface area (Å²) in [5.41, 5.74) is 0. The molecule has 1 aliphatic rings. The molecule has 4 atom stereocenters. The van der Waals surface area contributed by atoms with E-state index in [4.69, 9.17) is 38.6 Å². The van der Waals surface area contributed by atoms with Crippen LogP contribution in [0.4, 0.5) is 0 Å². The van der Waals surface area contributed by atoms with E-state index < -0.39 is 34.3 Å². The van der Waals surface area contributed by atoms with Crippen molar-refractivity contribution in [3.8, 4) is 0 Å². The van der Waals surface area contributed by atoms with E-state index in [2.05, 4.69) is 0 Å². The standard InChI is InChI=1S/C4H14Cl2O4Si4/c1-11-7-12(2)9-14(4,6)10-13(3,5)8-11/h11-12H,1-4H3. The van der Waals surface area contributed by atoms with Gasteiger partial charge in [-0.1, -0.05) is 0 Å². The molecular formula is C4H14Cl2O4Si4. The summed E-state index contributed by atoms with van der Waals surface area (Å²) >= 11 is 12.2. The highest BCUT2D eigenvalue weighted by molar-refractivity contribution is 7.23. The average molecular weight is 309 g/mol. The first-order valence-electron chi connectivity index (χ1n) is 4.29. The van der Waals surface area contributed by atoms with E-state index in [1.165, 1.54) is 0 Å². The second-order valence-corrected chi connectivity index (χ2v) is 16.8. The Kier molecular flexibility index (Phi) is 4.44. The van der Waals surface area contributed by atoms with Crippen molar-refractivity contribution in [2.75, 3.05) is 0 Å². The zero-order chi connectivity index (χ0) is 11.0. The van der Waals surface area contributed by atoms with Crippen molar-refractivity contribution in [2.45, 2.75) is 26.2 Å². The van der Waals surface area contributed by atoms with Gasteiger partial charge in [-0.3, -0.25) is 0 Å². The van der Waals surface area contributed by atoms with Crippen LogP contribution >= 0.6 is 22.2 Å². The maximum absolute atomic E-state index is 6.11. The smallest absolute Gasteiger partial charge is 0.420 e. The summed E-state index contributed by atoms with van der Waals surface area (Å²) in [6.45, 7) is 7.33. The van der Waals surface area contributed by atoms with Crippen LogP contribution in [0.5, 0.6) is 0 Å². The summed E-state index contributed by atoms with van der Waals surface area (Å²) in [4.78, 5) is 0. The monoisotopic (exact) mass is 308 g/mol. The molecule has 1 fully saturated rings. The van der Waals surface area contributed by atoms with Crippen LogP contribution in [-0.2, 0) is 16.5 Å². The van der Waals surface area contributed by atoms with E-state index >= 15 is 0 Å². The molecule has 10 heteroatoms. The van der Waals surface area contributed by atoms with Crippen LogP contribution in [0.3, 0.4) is 0 Å². The first kappa shape index (κ1) is 13.4. The van der Waals surface area contributed by atoms with Crippen molar-refractivity contribution in [1.29, 1.82) is 0 Å². The fourth-order valence-corrected chi connectivity index (χ4v) is 18.8. The molecule has 14 heavy (non-hydrogen) atoms. The Morgan fingerprint density at radius 3 is 1.64 bits per heavy atom. The summed E-state index contributed by atoms with van der Waals surface area (Å²) in [6.07, 6.45) is 0. The van der Waals surface area contributed by atoms with Crippen LogP contribution < -0.4 is 0 Å². The topological polar surface area (TPSA) is 36.9 Å². The van der Waals surface area contributed by atoms with Gasteiger partial charge in [0.05, 0.1) is 0 Å². The predicted molar refractivity (Wildman–Crippen MR) is 65.3 cm³/mol. The van der Waals surface area contributed by atoms with Gasteiger partial charge in [-0.15, -0.1) is 22.2 Å². The molecule has 0 aromatic rings. The molecule has 0 saturated carbocycles. The zero-order valence-corrected chi connectivity index (χ0v) is 14.4. The third kappa shape index (κ3) is 4.43. The second-order valence-electron chi connectivity index (χ2n) is 3.28. The highest BCUT2D eigenvalue weighted by Gasteiger charge is 2.46. The van der Waals surface area contributed by atoms with Crippen LogP contribution in [0.25, 0.3) is 0 Å². The summed E-state index contributed by atoms with van der Waals surface area (Å²) in [6, 6.07) is 0. The molecule has 1 saturated heterocycles. The molecule has 0 aromatic carbocycles. The summed E-state index contributed by atoms with van der Waals surface area (Å²) in [5, 5.41) is 0. The lowest BCUT2D eigenvalue weighted by Gasteiger charge is -2.36. The van der Waals surface area contributed by atoms with Crippen molar-refractivity contribution in [2.24, 2.45) is 0 Å². The summed E-state index contributed by atoms with van der Waals surface area (Å²) in [7, 11) is -8.74. The van der Waals surface area contributed by atoms with E-state index in [0.29, 0.717) is 0 Å². The first-order valence-corrected chi connectivity index (χ1v) is 15.1. The van der Waals surface area contributed by atoms with Gasteiger partial charge in [0.25, 0.3) is 0 Å². The minimum absolute atomic E-state index is 1.70. The Labute approximate surface area is 99.0 Å². The number of hydrogen-bond donors (Lipinski definition) is 0. The normalized spacial score (nSPS) is 51.0. The molecule has 0 spiro atoms. The molecule has 0 aromatic heterocycles. The Morgan fingerprint density at radius 2 is 1.29 bits per heavy atom. The minimum Gasteiger partial charge on any atom is -0.420 e. The van der Waals surface area contributed by atoms with E-state index in [9.17, 15) is 0 Å². The molecule has 0 amide bonds. The van der Waals surface area contributed by atoms with Gasteiger partial charge in [-0.25, -0.2) is 0 Å². The molecule has 1 rings (SSSR count). The fourth-order valence-electron chi connectivity index (χ4n) is 1.29. The largest absolute Gasteiger partial charge is 0.422 e. The molecule has 1 heterocycles. The van der Waals surface area contributed by atoms with Crippen LogP contribution in [0.1, 0.15) is 0 Å². The fraction of sp³-hybridized carbons (Fsp3) is 1.00. The molecule has 1 aliphatic heterocycles. The van der Waals surface area contributed by atoms with Crippen molar-refractivity contribution >= 4 is 56.5 Å². The lowest BCUT2D eigenvalue weighted by atomic mass is 11.9. The Hall–Kier alpha value is 1.29. The molecule has 4 nitrogen and oxygen atoms in total. The van der Waals surface area contributed by atoms with E-state index in [-0.39, 0.29) is 0 Å². The third-order valence-electron chi connectivity index (χ3n) is 1.50. The third-order valence-corrected chi connectivity index (χ3v) is 16.5. The first-order chi connectivity index (χ1) is 6.20. The highest BCUT2D eigenvalue weighted by Crippen LogP contribution is 2.26. The molecule has 84 valence electrons. The minimum atomic E-state index is -2.67. The van der Waals surface area contributed by atoms with Crippen LogP contribution in [-0.4, -0.2) is 34.3 Å². The zero-order valence-electron chi connectivity index (χ0n) is 8.54. The van der Waals surface area contributed by atoms with Gasteiger partial charge in [0.2, 0.25) is 0 Å². The van der Waals surface area contributed by atoms with Gasteiger partial charge in [-0.2, -0.15) is 0 Å². The van der Waals surface area contributed by atoms with Gasteiger partial charge in [-0.05, 0) is 26.2 Å². The Bertz CT molecular complexity index is 196. The van der Waals surface area contributed by atoms with Crippen LogP contribution in [0.2, 0.25) is 26.2 Å². The Morgan fingerprint density at radius 1 is 0.929 bits per heavy atom.